The van der Waals surface area contributed by atoms with Crippen molar-refractivity contribution in [3.63, 3.8) is 0 Å². The van der Waals surface area contributed by atoms with Crippen LogP contribution in [0.4, 0.5) is 5.69 Å². The summed E-state index contributed by atoms with van der Waals surface area (Å²) in [5.74, 6) is 0.340. The van der Waals surface area contributed by atoms with Gasteiger partial charge in [-0.3, -0.25) is 19.7 Å². The molecule has 0 spiro atoms. The Balaban J connectivity index is 2.13. The van der Waals surface area contributed by atoms with Crippen LogP contribution in [0.5, 0.6) is 17.2 Å². The van der Waals surface area contributed by atoms with Crippen LogP contribution >= 0.6 is 31.9 Å². The molecule has 0 aliphatic rings. The van der Waals surface area contributed by atoms with Crippen LogP contribution in [0.15, 0.2) is 57.5 Å². The van der Waals surface area contributed by atoms with Crippen molar-refractivity contribution >= 4 is 49.3 Å². The molecular weight excluding hydrogens is 598 g/mol. The predicted octanol–water partition coefficient (Wildman–Crippen LogP) is 6.99. The maximum atomic E-state index is 13.5. The quantitative estimate of drug-likeness (QED) is 0.110. The number of carbonyl (C=O) groups excluding carboxylic acids is 2. The van der Waals surface area contributed by atoms with Crippen molar-refractivity contribution in [3.8, 4) is 17.2 Å². The molecule has 0 radical (unpaired) electrons. The molecule has 3 aromatic carbocycles. The van der Waals surface area contributed by atoms with Gasteiger partial charge < -0.3 is 14.2 Å². The van der Waals surface area contributed by atoms with Crippen LogP contribution in [-0.2, 0) is 16.0 Å². The van der Waals surface area contributed by atoms with E-state index in [4.69, 9.17) is 14.2 Å². The Hall–Kier alpha value is -3.24. The summed E-state index contributed by atoms with van der Waals surface area (Å²) >= 11 is 6.97. The zero-order chi connectivity index (χ0) is 26.6. The number of methoxy groups -OCH3 is 2. The maximum Gasteiger partial charge on any atom is 0.309 e. The van der Waals surface area contributed by atoms with Crippen molar-refractivity contribution in [1.82, 2.24) is 0 Å². The second kappa shape index (κ2) is 11.7. The maximum absolute atomic E-state index is 13.5. The monoisotopic (exact) mass is 619 g/mol. The van der Waals surface area contributed by atoms with E-state index in [0.29, 0.717) is 26.0 Å². The second-order valence-corrected chi connectivity index (χ2v) is 9.83. The number of benzene rings is 3. The van der Waals surface area contributed by atoms with Gasteiger partial charge in [0.05, 0.1) is 40.1 Å². The lowest BCUT2D eigenvalue weighted by atomic mass is 9.95. The van der Waals surface area contributed by atoms with Crippen molar-refractivity contribution in [1.29, 1.82) is 0 Å². The third-order valence-electron chi connectivity index (χ3n) is 5.36. The highest BCUT2D eigenvalue weighted by atomic mass is 79.9. The lowest BCUT2D eigenvalue weighted by Crippen LogP contribution is -2.08. The number of nitro benzene ring substituents is 1. The van der Waals surface area contributed by atoms with Crippen LogP contribution in [0.3, 0.4) is 0 Å². The van der Waals surface area contributed by atoms with Crippen LogP contribution in [0, 0.1) is 10.1 Å². The molecule has 0 bridgehead atoms. The van der Waals surface area contributed by atoms with Gasteiger partial charge in [-0.05, 0) is 67.6 Å². The highest BCUT2D eigenvalue weighted by molar-refractivity contribution is 9.11. The number of halogens is 2. The molecule has 0 amide bonds. The molecule has 3 rings (SSSR count). The van der Waals surface area contributed by atoms with Crippen molar-refractivity contribution in [2.75, 3.05) is 14.2 Å². The molecule has 0 atom stereocenters. The highest BCUT2D eigenvalue weighted by Crippen LogP contribution is 2.42. The Bertz CT molecular complexity index is 1310. The SMILES string of the molecule is COC(=O)Cc1cc(Br)c(Oc2cc(C(C)C)c(OC)cc2C(=O)c2cccc([N+](=O)[O-])c2)c(Br)c1. The largest absolute Gasteiger partial charge is 0.496 e. The second-order valence-electron chi connectivity index (χ2n) is 8.13. The van der Waals surface area contributed by atoms with Crippen molar-refractivity contribution in [2.24, 2.45) is 0 Å². The Morgan fingerprint density at radius 3 is 2.22 bits per heavy atom. The lowest BCUT2D eigenvalue weighted by molar-refractivity contribution is -0.384. The fourth-order valence-electron chi connectivity index (χ4n) is 3.54. The van der Waals surface area contributed by atoms with Gasteiger partial charge in [0, 0.05) is 23.3 Å². The molecule has 8 nitrogen and oxygen atoms in total. The first-order valence-corrected chi connectivity index (χ1v) is 12.4. The molecule has 0 heterocycles. The van der Waals surface area contributed by atoms with E-state index in [2.05, 4.69) is 31.9 Å². The van der Waals surface area contributed by atoms with Gasteiger partial charge in [-0.25, -0.2) is 0 Å². The van der Waals surface area contributed by atoms with Gasteiger partial charge in [0.15, 0.2) is 11.5 Å². The predicted molar refractivity (Wildman–Crippen MR) is 141 cm³/mol. The number of carbonyl (C=O) groups is 2. The van der Waals surface area contributed by atoms with E-state index in [-0.39, 0.29) is 40.9 Å². The number of nitro groups is 1. The van der Waals surface area contributed by atoms with Gasteiger partial charge in [-0.15, -0.1) is 0 Å². The molecule has 0 aliphatic heterocycles. The van der Waals surface area contributed by atoms with Gasteiger partial charge in [-0.2, -0.15) is 0 Å². The summed E-state index contributed by atoms with van der Waals surface area (Å²) in [6, 6.07) is 12.3. The third kappa shape index (κ3) is 6.11. The van der Waals surface area contributed by atoms with Gasteiger partial charge in [0.1, 0.15) is 11.5 Å². The first-order chi connectivity index (χ1) is 17.0. The van der Waals surface area contributed by atoms with Gasteiger partial charge in [0.25, 0.3) is 5.69 Å². The van der Waals surface area contributed by atoms with E-state index < -0.39 is 10.7 Å². The Labute approximate surface area is 225 Å². The van der Waals surface area contributed by atoms with E-state index in [1.165, 1.54) is 38.5 Å². The number of ketones is 1. The normalized spacial score (nSPS) is 10.8. The summed E-state index contributed by atoms with van der Waals surface area (Å²) in [5, 5.41) is 11.2. The number of hydrogen-bond donors (Lipinski definition) is 0. The van der Waals surface area contributed by atoms with E-state index in [0.717, 1.165) is 5.56 Å². The minimum Gasteiger partial charge on any atom is -0.496 e. The van der Waals surface area contributed by atoms with E-state index in [1.54, 1.807) is 24.3 Å². The molecule has 0 saturated heterocycles. The molecule has 0 fully saturated rings. The number of esters is 1. The smallest absolute Gasteiger partial charge is 0.309 e. The minimum absolute atomic E-state index is 0.0542. The number of ether oxygens (including phenoxy) is 3. The van der Waals surface area contributed by atoms with Crippen LogP contribution in [-0.4, -0.2) is 30.9 Å². The zero-order valence-corrected chi connectivity index (χ0v) is 23.1. The summed E-state index contributed by atoms with van der Waals surface area (Å²) in [7, 11) is 2.83. The number of nitrogens with zero attached hydrogens (tertiary/aromatic N) is 1. The first kappa shape index (κ1) is 27.3. The van der Waals surface area contributed by atoms with Crippen LogP contribution in [0.2, 0.25) is 0 Å². The number of non-ortho nitro benzene ring substituents is 1. The van der Waals surface area contributed by atoms with E-state index in [9.17, 15) is 19.7 Å². The molecular formula is C26H23Br2NO7. The Kier molecular flexibility index (Phi) is 8.86. The highest BCUT2D eigenvalue weighted by Gasteiger charge is 2.23. The van der Waals surface area contributed by atoms with E-state index >= 15 is 0 Å². The summed E-state index contributed by atoms with van der Waals surface area (Å²) in [6.45, 7) is 3.97. The molecule has 0 saturated carbocycles. The summed E-state index contributed by atoms with van der Waals surface area (Å²) < 4.78 is 17.6. The summed E-state index contributed by atoms with van der Waals surface area (Å²) in [5.41, 5.74) is 1.63. The topological polar surface area (TPSA) is 105 Å². The van der Waals surface area contributed by atoms with Gasteiger partial charge >= 0.3 is 5.97 Å². The van der Waals surface area contributed by atoms with Crippen molar-refractivity contribution in [3.05, 3.63) is 89.8 Å². The van der Waals surface area contributed by atoms with Crippen LogP contribution < -0.4 is 9.47 Å². The number of hydrogen-bond acceptors (Lipinski definition) is 7. The van der Waals surface area contributed by atoms with Crippen molar-refractivity contribution < 1.29 is 28.7 Å². The fourth-order valence-corrected chi connectivity index (χ4v) is 4.99. The van der Waals surface area contributed by atoms with Gasteiger partial charge in [0.2, 0.25) is 0 Å². The van der Waals surface area contributed by atoms with Crippen LogP contribution in [0.1, 0.15) is 46.8 Å². The van der Waals surface area contributed by atoms with Crippen molar-refractivity contribution in [2.45, 2.75) is 26.2 Å². The third-order valence-corrected chi connectivity index (χ3v) is 6.54. The summed E-state index contributed by atoms with van der Waals surface area (Å²) in [6.07, 6.45) is 0.0739. The fraction of sp³-hybridized carbons (Fsp3) is 0.231. The molecule has 0 aliphatic carbocycles. The molecule has 36 heavy (non-hydrogen) atoms. The van der Waals surface area contributed by atoms with Crippen LogP contribution in [0.25, 0.3) is 0 Å². The first-order valence-electron chi connectivity index (χ1n) is 10.8. The standard InChI is InChI=1S/C26H23Br2NO7/c1-14(2)18-12-23(36-26-20(27)8-15(9-21(26)28)10-24(30)35-4)19(13-22(18)34-3)25(31)16-6-5-7-17(11-16)29(32)33/h5-9,11-14H,10H2,1-4H3. The Morgan fingerprint density at radius 2 is 1.67 bits per heavy atom. The molecule has 188 valence electrons. The molecule has 0 N–H and O–H groups in total. The lowest BCUT2D eigenvalue weighted by Gasteiger charge is -2.19. The molecule has 0 unspecified atom stereocenters. The number of rotatable bonds is 9. The zero-order valence-electron chi connectivity index (χ0n) is 20.0. The summed E-state index contributed by atoms with van der Waals surface area (Å²) in [4.78, 5) is 35.9. The average Bonchev–Trinajstić information content (AvgIpc) is 2.85. The van der Waals surface area contributed by atoms with Gasteiger partial charge in [-0.1, -0.05) is 26.0 Å². The van der Waals surface area contributed by atoms with E-state index in [1.807, 2.05) is 13.8 Å². The molecule has 10 heteroatoms. The molecule has 3 aromatic rings. The minimum atomic E-state index is -0.555. The Morgan fingerprint density at radius 1 is 1.00 bits per heavy atom. The average molecular weight is 621 g/mol. The molecule has 0 aromatic heterocycles.